The van der Waals surface area contributed by atoms with Crippen molar-refractivity contribution in [1.29, 1.82) is 0 Å². The van der Waals surface area contributed by atoms with Gasteiger partial charge in [0.15, 0.2) is 6.61 Å². The lowest BCUT2D eigenvalue weighted by Gasteiger charge is -2.33. The molecule has 8 heteroatoms. The van der Waals surface area contributed by atoms with E-state index >= 15 is 0 Å². The van der Waals surface area contributed by atoms with Crippen LogP contribution >= 0.6 is 0 Å². The summed E-state index contributed by atoms with van der Waals surface area (Å²) in [4.78, 5) is 13.3. The number of benzene rings is 1. The SMILES string of the molecule is Cn1cc(C2CN(C(=O)OCC(F)(F)F)Cc3ccccc32)cn1. The fourth-order valence-electron chi connectivity index (χ4n) is 2.89. The van der Waals surface area contributed by atoms with Gasteiger partial charge in [-0.3, -0.25) is 4.68 Å². The summed E-state index contributed by atoms with van der Waals surface area (Å²) in [6, 6.07) is 7.57. The van der Waals surface area contributed by atoms with Crippen molar-refractivity contribution in [3.8, 4) is 0 Å². The van der Waals surface area contributed by atoms with Gasteiger partial charge in [-0.15, -0.1) is 0 Å². The Balaban J connectivity index is 1.84. The lowest BCUT2D eigenvalue weighted by atomic mass is 9.86. The summed E-state index contributed by atoms with van der Waals surface area (Å²) in [5.41, 5.74) is 2.84. The second-order valence-corrected chi connectivity index (χ2v) is 5.75. The molecule has 1 aliphatic rings. The Morgan fingerprint density at radius 2 is 2.12 bits per heavy atom. The molecule has 1 aliphatic heterocycles. The molecule has 1 aromatic carbocycles. The first kappa shape index (κ1) is 16.4. The van der Waals surface area contributed by atoms with Crippen LogP contribution in [0.15, 0.2) is 36.7 Å². The minimum Gasteiger partial charge on any atom is -0.440 e. The second-order valence-electron chi connectivity index (χ2n) is 5.75. The van der Waals surface area contributed by atoms with Gasteiger partial charge in [-0.1, -0.05) is 24.3 Å². The van der Waals surface area contributed by atoms with E-state index in [0.717, 1.165) is 16.7 Å². The Morgan fingerprint density at radius 3 is 2.79 bits per heavy atom. The number of hydrogen-bond acceptors (Lipinski definition) is 3. The number of rotatable bonds is 2. The minimum absolute atomic E-state index is 0.151. The third-order valence-corrected chi connectivity index (χ3v) is 3.94. The van der Waals surface area contributed by atoms with Gasteiger partial charge in [-0.25, -0.2) is 4.79 Å². The van der Waals surface area contributed by atoms with Gasteiger partial charge in [0.1, 0.15) is 0 Å². The zero-order valence-electron chi connectivity index (χ0n) is 13.0. The monoisotopic (exact) mass is 339 g/mol. The minimum atomic E-state index is -4.54. The van der Waals surface area contributed by atoms with E-state index in [1.807, 2.05) is 30.5 Å². The van der Waals surface area contributed by atoms with Crippen LogP contribution in [0.3, 0.4) is 0 Å². The number of alkyl halides is 3. The molecular formula is C16H16F3N3O2. The topological polar surface area (TPSA) is 47.4 Å². The van der Waals surface area contributed by atoms with Crippen molar-refractivity contribution >= 4 is 6.09 Å². The molecule has 0 spiro atoms. The molecule has 3 rings (SSSR count). The summed E-state index contributed by atoms with van der Waals surface area (Å²) in [6.45, 7) is -1.11. The standard InChI is InChI=1S/C16H16F3N3O2/c1-21-7-12(6-20-21)14-9-22(15(23)24-10-16(17,18)19)8-11-4-2-3-5-13(11)14/h2-7,14H,8-10H2,1H3. The van der Waals surface area contributed by atoms with Gasteiger partial charge in [0.25, 0.3) is 0 Å². The molecule has 0 radical (unpaired) electrons. The Kier molecular flexibility index (Phi) is 4.21. The fourth-order valence-corrected chi connectivity index (χ4v) is 2.89. The van der Waals surface area contributed by atoms with E-state index in [0.29, 0.717) is 0 Å². The largest absolute Gasteiger partial charge is 0.440 e. The molecular weight excluding hydrogens is 323 g/mol. The highest BCUT2D eigenvalue weighted by Crippen LogP contribution is 2.33. The molecule has 0 saturated heterocycles. The van der Waals surface area contributed by atoms with E-state index in [1.165, 1.54) is 4.90 Å². The molecule has 0 fully saturated rings. The smallest absolute Gasteiger partial charge is 0.422 e. The lowest BCUT2D eigenvalue weighted by molar-refractivity contribution is -0.162. The van der Waals surface area contributed by atoms with Crippen LogP contribution in [0.4, 0.5) is 18.0 Å². The second kappa shape index (κ2) is 6.18. The molecule has 2 aromatic rings. The summed E-state index contributed by atoms with van der Waals surface area (Å²) in [6.07, 6.45) is -1.96. The average Bonchev–Trinajstić information content (AvgIpc) is 2.97. The maximum absolute atomic E-state index is 12.3. The van der Waals surface area contributed by atoms with E-state index in [4.69, 9.17) is 0 Å². The van der Waals surface area contributed by atoms with Gasteiger partial charge >= 0.3 is 12.3 Å². The highest BCUT2D eigenvalue weighted by Gasteiger charge is 2.34. The molecule has 24 heavy (non-hydrogen) atoms. The summed E-state index contributed by atoms with van der Waals surface area (Å²) < 4.78 is 42.8. The quantitative estimate of drug-likeness (QED) is 0.845. The van der Waals surface area contributed by atoms with Crippen molar-refractivity contribution in [2.45, 2.75) is 18.6 Å². The van der Waals surface area contributed by atoms with Gasteiger partial charge in [0.2, 0.25) is 0 Å². The van der Waals surface area contributed by atoms with E-state index in [1.54, 1.807) is 17.9 Å². The molecule has 1 atom stereocenters. The van der Waals surface area contributed by atoms with Crippen LogP contribution in [0.25, 0.3) is 0 Å². The highest BCUT2D eigenvalue weighted by atomic mass is 19.4. The van der Waals surface area contributed by atoms with Gasteiger partial charge in [0, 0.05) is 32.3 Å². The average molecular weight is 339 g/mol. The number of carbonyl (C=O) groups is 1. The van der Waals surface area contributed by atoms with Crippen LogP contribution in [0.1, 0.15) is 22.6 Å². The summed E-state index contributed by atoms with van der Waals surface area (Å²) in [5.74, 6) is -0.151. The van der Waals surface area contributed by atoms with Crippen LogP contribution < -0.4 is 0 Å². The normalized spacial score (nSPS) is 17.5. The first-order chi connectivity index (χ1) is 11.3. The number of hydrogen-bond donors (Lipinski definition) is 0. The fraction of sp³-hybridized carbons (Fsp3) is 0.375. The van der Waals surface area contributed by atoms with Crippen molar-refractivity contribution in [3.63, 3.8) is 0 Å². The highest BCUT2D eigenvalue weighted by molar-refractivity contribution is 5.68. The predicted molar refractivity (Wildman–Crippen MR) is 79.3 cm³/mol. The summed E-state index contributed by atoms with van der Waals surface area (Å²) in [7, 11) is 1.79. The lowest BCUT2D eigenvalue weighted by Crippen LogP contribution is -2.40. The number of nitrogens with zero attached hydrogens (tertiary/aromatic N) is 3. The number of aryl methyl sites for hydroxylation is 1. The molecule has 0 N–H and O–H groups in total. The Labute approximate surface area is 136 Å². The van der Waals surface area contributed by atoms with Crippen LogP contribution in [0.5, 0.6) is 0 Å². The maximum atomic E-state index is 12.3. The van der Waals surface area contributed by atoms with Crippen LogP contribution in [0, 0.1) is 0 Å². The zero-order valence-corrected chi connectivity index (χ0v) is 13.0. The van der Waals surface area contributed by atoms with Crippen molar-refractivity contribution in [1.82, 2.24) is 14.7 Å². The van der Waals surface area contributed by atoms with Crippen molar-refractivity contribution in [2.24, 2.45) is 7.05 Å². The van der Waals surface area contributed by atoms with Gasteiger partial charge in [-0.05, 0) is 16.7 Å². The van der Waals surface area contributed by atoms with Crippen molar-refractivity contribution in [2.75, 3.05) is 13.2 Å². The third-order valence-electron chi connectivity index (χ3n) is 3.94. The molecule has 0 saturated carbocycles. The van der Waals surface area contributed by atoms with E-state index in [-0.39, 0.29) is 19.0 Å². The van der Waals surface area contributed by atoms with Crippen LogP contribution in [-0.4, -0.2) is 40.1 Å². The van der Waals surface area contributed by atoms with Gasteiger partial charge < -0.3 is 9.64 Å². The Hall–Kier alpha value is -2.51. The number of halogens is 3. The molecule has 1 aromatic heterocycles. The number of ether oxygens (including phenoxy) is 1. The van der Waals surface area contributed by atoms with Crippen molar-refractivity contribution in [3.05, 3.63) is 53.3 Å². The van der Waals surface area contributed by atoms with Gasteiger partial charge in [0.05, 0.1) is 6.20 Å². The molecule has 2 heterocycles. The van der Waals surface area contributed by atoms with E-state index < -0.39 is 18.9 Å². The summed E-state index contributed by atoms with van der Waals surface area (Å²) >= 11 is 0. The third kappa shape index (κ3) is 3.52. The molecule has 0 bridgehead atoms. The number of carbonyl (C=O) groups excluding carboxylic acids is 1. The molecule has 1 unspecified atom stereocenters. The molecule has 0 aliphatic carbocycles. The molecule has 5 nitrogen and oxygen atoms in total. The first-order valence-electron chi connectivity index (χ1n) is 7.38. The van der Waals surface area contributed by atoms with Crippen LogP contribution in [0.2, 0.25) is 0 Å². The first-order valence-corrected chi connectivity index (χ1v) is 7.38. The Bertz CT molecular complexity index is 742. The number of fused-ring (bicyclic) bond motifs is 1. The predicted octanol–water partition coefficient (Wildman–Crippen LogP) is 3.07. The molecule has 1 amide bonds. The molecule has 128 valence electrons. The van der Waals surface area contributed by atoms with E-state index in [9.17, 15) is 18.0 Å². The Morgan fingerprint density at radius 1 is 1.38 bits per heavy atom. The van der Waals surface area contributed by atoms with E-state index in [2.05, 4.69) is 9.84 Å². The maximum Gasteiger partial charge on any atom is 0.422 e. The van der Waals surface area contributed by atoms with Crippen LogP contribution in [-0.2, 0) is 18.3 Å². The summed E-state index contributed by atoms with van der Waals surface area (Å²) in [5, 5.41) is 4.14. The zero-order chi connectivity index (χ0) is 17.3. The number of amides is 1. The van der Waals surface area contributed by atoms with Crippen molar-refractivity contribution < 1.29 is 22.7 Å². The number of aromatic nitrogens is 2. The van der Waals surface area contributed by atoms with Gasteiger partial charge in [-0.2, -0.15) is 18.3 Å².